The van der Waals surface area contributed by atoms with Crippen LogP contribution in [-0.2, 0) is 10.4 Å². The van der Waals surface area contributed by atoms with Crippen LogP contribution in [0.25, 0.3) is 0 Å². The number of rotatable bonds is 1. The molecule has 0 aliphatic carbocycles. The summed E-state index contributed by atoms with van der Waals surface area (Å²) < 4.78 is 33.9. The fourth-order valence-electron chi connectivity index (χ4n) is 0. The molecule has 0 heterocycles. The van der Waals surface area contributed by atoms with Crippen LogP contribution in [0, 0.1) is 0 Å². The van der Waals surface area contributed by atoms with E-state index in [2.05, 4.69) is 28.1 Å². The SMILES string of the molecule is CC[N+](C)(C)C.N.O=S(=O)([O-])O. The fourth-order valence-corrected chi connectivity index (χ4v) is 0. The summed E-state index contributed by atoms with van der Waals surface area (Å²) in [5.41, 5.74) is 0. The van der Waals surface area contributed by atoms with Gasteiger partial charge in [0.05, 0.1) is 27.7 Å². The Morgan fingerprint density at radius 1 is 1.33 bits per heavy atom. The highest BCUT2D eigenvalue weighted by atomic mass is 32.3. The molecule has 0 aromatic heterocycles. The molecular weight excluding hydrogens is 184 g/mol. The average molecular weight is 202 g/mol. The molecule has 0 atom stereocenters. The van der Waals surface area contributed by atoms with Gasteiger partial charge in [0.1, 0.15) is 0 Å². The molecule has 0 saturated carbocycles. The molecule has 0 aromatic rings. The van der Waals surface area contributed by atoms with E-state index in [9.17, 15) is 0 Å². The van der Waals surface area contributed by atoms with Crippen molar-refractivity contribution in [3.05, 3.63) is 0 Å². The van der Waals surface area contributed by atoms with E-state index in [1.54, 1.807) is 0 Å². The van der Waals surface area contributed by atoms with Crippen LogP contribution in [0.2, 0.25) is 0 Å². The third-order valence-electron chi connectivity index (χ3n) is 0.949. The molecule has 0 spiro atoms. The van der Waals surface area contributed by atoms with Crippen LogP contribution in [0.5, 0.6) is 0 Å². The van der Waals surface area contributed by atoms with Crippen LogP contribution >= 0.6 is 0 Å². The van der Waals surface area contributed by atoms with E-state index in [1.807, 2.05) is 0 Å². The van der Waals surface area contributed by atoms with Crippen LogP contribution in [-0.4, -0.2) is 49.7 Å². The van der Waals surface area contributed by atoms with Gasteiger partial charge in [-0.2, -0.15) is 0 Å². The lowest BCUT2D eigenvalue weighted by molar-refractivity contribution is -0.868. The summed E-state index contributed by atoms with van der Waals surface area (Å²) in [6.07, 6.45) is 0. The molecule has 0 fully saturated rings. The first-order chi connectivity index (χ1) is 4.56. The van der Waals surface area contributed by atoms with Crippen LogP contribution in [0.15, 0.2) is 0 Å². The molecule has 0 amide bonds. The molecule has 0 saturated heterocycles. The molecule has 0 rings (SSSR count). The zero-order valence-electron chi connectivity index (χ0n) is 7.94. The maximum absolute atomic E-state index is 8.63. The summed E-state index contributed by atoms with van der Waals surface area (Å²) in [4.78, 5) is 0. The highest BCUT2D eigenvalue weighted by Crippen LogP contribution is 1.83. The van der Waals surface area contributed by atoms with Crippen molar-refractivity contribution in [2.24, 2.45) is 0 Å². The second-order valence-corrected chi connectivity index (χ2v) is 3.89. The molecule has 0 aliphatic heterocycles. The Morgan fingerprint density at radius 2 is 1.42 bits per heavy atom. The van der Waals surface area contributed by atoms with E-state index in [1.165, 1.54) is 6.54 Å². The molecule has 0 bridgehead atoms. The van der Waals surface area contributed by atoms with Gasteiger partial charge in [0.2, 0.25) is 10.4 Å². The van der Waals surface area contributed by atoms with Crippen LogP contribution in [0.3, 0.4) is 0 Å². The van der Waals surface area contributed by atoms with Gasteiger partial charge in [-0.15, -0.1) is 0 Å². The number of nitrogens with zero attached hydrogens (tertiary/aromatic N) is 1. The minimum absolute atomic E-state index is 0. The topological polar surface area (TPSA) is 112 Å². The van der Waals surface area contributed by atoms with Gasteiger partial charge >= 0.3 is 0 Å². The van der Waals surface area contributed by atoms with Crippen LogP contribution in [0.4, 0.5) is 0 Å². The molecule has 7 heteroatoms. The lowest BCUT2D eigenvalue weighted by Gasteiger charge is -2.20. The van der Waals surface area contributed by atoms with Crippen molar-refractivity contribution < 1.29 is 22.0 Å². The van der Waals surface area contributed by atoms with Gasteiger partial charge in [0, 0.05) is 0 Å². The van der Waals surface area contributed by atoms with E-state index < -0.39 is 10.4 Å². The van der Waals surface area contributed by atoms with Crippen molar-refractivity contribution in [3.63, 3.8) is 0 Å². The van der Waals surface area contributed by atoms with Crippen molar-refractivity contribution in [2.75, 3.05) is 27.7 Å². The molecule has 6 nitrogen and oxygen atoms in total. The summed E-state index contributed by atoms with van der Waals surface area (Å²) in [5.74, 6) is 0. The van der Waals surface area contributed by atoms with Crippen molar-refractivity contribution >= 4 is 10.4 Å². The largest absolute Gasteiger partial charge is 0.726 e. The first-order valence-electron chi connectivity index (χ1n) is 3.05. The Labute approximate surface area is 73.9 Å². The molecule has 78 valence electrons. The number of quaternary nitrogens is 1. The first-order valence-corrected chi connectivity index (χ1v) is 4.41. The van der Waals surface area contributed by atoms with E-state index in [4.69, 9.17) is 17.5 Å². The molecule has 0 unspecified atom stereocenters. The second-order valence-electron chi connectivity index (χ2n) is 3.03. The molecule has 4 N–H and O–H groups in total. The summed E-state index contributed by atoms with van der Waals surface area (Å²) in [5, 5.41) is 0. The standard InChI is InChI=1S/C5H14N.H3N.H2O4S/c1-5-6(2,3)4;;1-5(2,3)4/h5H2,1-4H3;1H3;(H2,1,2,3,4)/q+1;;/p-1. The fraction of sp³-hybridized carbons (Fsp3) is 1.00. The first kappa shape index (κ1) is 17.8. The zero-order valence-corrected chi connectivity index (χ0v) is 8.76. The number of hydrogen-bond acceptors (Lipinski definition) is 4. The third kappa shape index (κ3) is 97.2. The smallest absolute Gasteiger partial charge is 0.215 e. The molecule has 0 aromatic carbocycles. The van der Waals surface area contributed by atoms with E-state index >= 15 is 0 Å². The van der Waals surface area contributed by atoms with Gasteiger partial charge in [-0.3, -0.25) is 4.55 Å². The Hall–Kier alpha value is -0.210. The predicted octanol–water partition coefficient (Wildman–Crippen LogP) is -0.121. The summed E-state index contributed by atoms with van der Waals surface area (Å²) in [6.45, 7) is 3.39. The number of hydrogen-bond donors (Lipinski definition) is 2. The Morgan fingerprint density at radius 3 is 1.42 bits per heavy atom. The van der Waals surface area contributed by atoms with Crippen molar-refractivity contribution in [1.29, 1.82) is 0 Å². The van der Waals surface area contributed by atoms with Gasteiger partial charge in [-0.1, -0.05) is 0 Å². The monoisotopic (exact) mass is 202 g/mol. The Balaban J connectivity index is -0.000000126. The Bertz CT molecular complexity index is 174. The van der Waals surface area contributed by atoms with Crippen molar-refractivity contribution in [2.45, 2.75) is 6.92 Å². The molecular formula is C5H18N2O4S. The van der Waals surface area contributed by atoms with E-state index in [0.717, 1.165) is 4.48 Å². The van der Waals surface area contributed by atoms with Gasteiger partial charge in [-0.05, 0) is 6.92 Å². The van der Waals surface area contributed by atoms with Gasteiger partial charge in [0.15, 0.2) is 0 Å². The van der Waals surface area contributed by atoms with Crippen molar-refractivity contribution in [3.8, 4) is 0 Å². The van der Waals surface area contributed by atoms with Crippen LogP contribution in [0.1, 0.15) is 6.92 Å². The lowest BCUT2D eigenvalue weighted by atomic mass is 10.6. The van der Waals surface area contributed by atoms with Crippen LogP contribution < -0.4 is 6.15 Å². The summed E-state index contributed by atoms with van der Waals surface area (Å²) in [6, 6.07) is 0. The zero-order chi connectivity index (χ0) is 9.71. The van der Waals surface area contributed by atoms with Crippen molar-refractivity contribution in [1.82, 2.24) is 6.15 Å². The maximum Gasteiger partial charge on any atom is 0.215 e. The Kier molecular flexibility index (Phi) is 9.36. The van der Waals surface area contributed by atoms with E-state index in [0.29, 0.717) is 0 Å². The highest BCUT2D eigenvalue weighted by Gasteiger charge is 1.97. The minimum Gasteiger partial charge on any atom is -0.726 e. The maximum atomic E-state index is 8.63. The lowest BCUT2D eigenvalue weighted by Crippen LogP contribution is -2.33. The second kappa shape index (κ2) is 6.32. The summed E-state index contributed by atoms with van der Waals surface area (Å²) >= 11 is 0. The van der Waals surface area contributed by atoms with Gasteiger partial charge in [0.25, 0.3) is 0 Å². The highest BCUT2D eigenvalue weighted by molar-refractivity contribution is 7.79. The quantitative estimate of drug-likeness (QED) is 0.349. The average Bonchev–Trinajstić information content (AvgIpc) is 1.59. The van der Waals surface area contributed by atoms with E-state index in [-0.39, 0.29) is 6.15 Å². The normalized spacial score (nSPS) is 10.8. The van der Waals surface area contributed by atoms with Gasteiger partial charge < -0.3 is 15.2 Å². The molecule has 0 radical (unpaired) electrons. The van der Waals surface area contributed by atoms with Gasteiger partial charge in [-0.25, -0.2) is 8.42 Å². The molecule has 12 heavy (non-hydrogen) atoms. The summed E-state index contributed by atoms with van der Waals surface area (Å²) in [7, 11) is 1.62. The minimum atomic E-state index is -4.92. The predicted molar refractivity (Wildman–Crippen MR) is 45.9 cm³/mol. The molecule has 0 aliphatic rings. The third-order valence-corrected chi connectivity index (χ3v) is 0.949.